The second kappa shape index (κ2) is 6.83. The molecule has 7 heteroatoms. The number of amides is 1. The summed E-state index contributed by atoms with van der Waals surface area (Å²) in [4.78, 5) is 14.8. The molecular formula is C16H26N4O2S. The number of rotatable bonds is 5. The average Bonchev–Trinajstić information content (AvgIpc) is 2.90. The number of hydrogen-bond acceptors (Lipinski definition) is 5. The van der Waals surface area contributed by atoms with Crippen LogP contribution in [-0.2, 0) is 16.6 Å². The first-order valence-corrected chi connectivity index (χ1v) is 9.42. The predicted octanol–water partition coefficient (Wildman–Crippen LogP) is 1.19. The Bertz CT molecular complexity index is 553. The van der Waals surface area contributed by atoms with Gasteiger partial charge in [0.2, 0.25) is 5.91 Å². The van der Waals surface area contributed by atoms with E-state index in [1.165, 1.54) is 0 Å². The van der Waals surface area contributed by atoms with Crippen LogP contribution in [0.1, 0.15) is 30.9 Å². The highest BCUT2D eigenvalue weighted by Gasteiger charge is 2.44. The van der Waals surface area contributed by atoms with Gasteiger partial charge in [0.05, 0.1) is 29.7 Å². The first kappa shape index (κ1) is 16.8. The number of aromatic nitrogens is 2. The van der Waals surface area contributed by atoms with Crippen molar-refractivity contribution < 1.29 is 9.53 Å². The summed E-state index contributed by atoms with van der Waals surface area (Å²) in [5, 5.41) is 7.41. The molecule has 0 unspecified atom stereocenters. The van der Waals surface area contributed by atoms with Crippen LogP contribution in [-0.4, -0.2) is 64.4 Å². The number of nitrogens with one attached hydrogen (secondary N) is 1. The van der Waals surface area contributed by atoms with E-state index >= 15 is 0 Å². The lowest BCUT2D eigenvalue weighted by atomic mass is 9.83. The Morgan fingerprint density at radius 2 is 2.30 bits per heavy atom. The van der Waals surface area contributed by atoms with Gasteiger partial charge < -0.3 is 10.1 Å². The Labute approximate surface area is 141 Å². The average molecular weight is 338 g/mol. The number of hydrogen-bond donors (Lipinski definition) is 1. The fourth-order valence-electron chi connectivity index (χ4n) is 3.47. The molecule has 1 aromatic rings. The summed E-state index contributed by atoms with van der Waals surface area (Å²) in [6, 6.07) is 0.129. The lowest BCUT2D eigenvalue weighted by molar-refractivity contribution is -0.127. The van der Waals surface area contributed by atoms with Crippen molar-refractivity contribution in [3.63, 3.8) is 0 Å². The molecule has 1 aliphatic heterocycles. The minimum atomic E-state index is -0.204. The van der Waals surface area contributed by atoms with E-state index in [0.29, 0.717) is 13.2 Å². The summed E-state index contributed by atoms with van der Waals surface area (Å²) in [7, 11) is 4.02. The number of morpholine rings is 1. The van der Waals surface area contributed by atoms with Crippen LogP contribution in [0.25, 0.3) is 0 Å². The van der Waals surface area contributed by atoms with Crippen LogP contribution >= 0.6 is 11.8 Å². The van der Waals surface area contributed by atoms with Crippen molar-refractivity contribution in [2.24, 2.45) is 7.05 Å². The summed E-state index contributed by atoms with van der Waals surface area (Å²) in [6.45, 7) is 2.13. The van der Waals surface area contributed by atoms with Gasteiger partial charge in [-0.15, -0.1) is 11.8 Å². The van der Waals surface area contributed by atoms with Gasteiger partial charge in [0.25, 0.3) is 0 Å². The van der Waals surface area contributed by atoms with Crippen LogP contribution < -0.4 is 5.32 Å². The summed E-state index contributed by atoms with van der Waals surface area (Å²) in [6.07, 6.45) is 9.02. The van der Waals surface area contributed by atoms with Crippen molar-refractivity contribution in [3.8, 4) is 0 Å². The van der Waals surface area contributed by atoms with Crippen LogP contribution in [0.2, 0.25) is 0 Å². The van der Waals surface area contributed by atoms with Gasteiger partial charge in [-0.2, -0.15) is 5.10 Å². The molecule has 0 radical (unpaired) electrons. The number of aryl methyl sites for hydroxylation is 1. The van der Waals surface area contributed by atoms with Gasteiger partial charge in [0, 0.05) is 31.9 Å². The molecule has 0 bridgehead atoms. The highest BCUT2D eigenvalue weighted by molar-refractivity contribution is 8.00. The van der Waals surface area contributed by atoms with E-state index in [1.807, 2.05) is 30.4 Å². The lowest BCUT2D eigenvalue weighted by Gasteiger charge is -2.41. The minimum Gasteiger partial charge on any atom is -0.373 e. The quantitative estimate of drug-likeness (QED) is 0.874. The van der Waals surface area contributed by atoms with Crippen LogP contribution in [0.3, 0.4) is 0 Å². The molecule has 1 saturated heterocycles. The van der Waals surface area contributed by atoms with E-state index in [9.17, 15) is 4.79 Å². The second-order valence-electron chi connectivity index (χ2n) is 6.54. The first-order valence-electron chi connectivity index (χ1n) is 8.19. The van der Waals surface area contributed by atoms with Crippen molar-refractivity contribution in [1.82, 2.24) is 20.0 Å². The molecule has 23 heavy (non-hydrogen) atoms. The highest BCUT2D eigenvalue weighted by Crippen LogP contribution is 2.43. The van der Waals surface area contributed by atoms with E-state index in [1.54, 1.807) is 11.8 Å². The van der Waals surface area contributed by atoms with Crippen molar-refractivity contribution >= 4 is 17.7 Å². The maximum absolute atomic E-state index is 12.5. The molecule has 1 saturated carbocycles. The maximum atomic E-state index is 12.5. The molecule has 1 amide bonds. The standard InChI is InChI=1S/C16H26N4O2S/c1-19-7-8-22-13(14(19)12-9-18-20(2)11-12)10-17-15(21)16(23-3)5-4-6-16/h9,11,13-14H,4-8,10H2,1-3H3,(H,17,21)/t13-,14-/m0/s1. The van der Waals surface area contributed by atoms with E-state index in [-0.39, 0.29) is 22.8 Å². The minimum absolute atomic E-state index is 0.0408. The number of carbonyl (C=O) groups is 1. The summed E-state index contributed by atoms with van der Waals surface area (Å²) in [5.41, 5.74) is 1.14. The van der Waals surface area contributed by atoms with E-state index in [4.69, 9.17) is 4.74 Å². The Kier molecular flexibility index (Phi) is 4.98. The molecule has 0 spiro atoms. The second-order valence-corrected chi connectivity index (χ2v) is 7.73. The Balaban J connectivity index is 1.66. The zero-order valence-electron chi connectivity index (χ0n) is 14.1. The monoisotopic (exact) mass is 338 g/mol. The zero-order chi connectivity index (χ0) is 16.4. The molecular weight excluding hydrogens is 312 g/mol. The normalized spacial score (nSPS) is 27.4. The number of carbonyl (C=O) groups excluding carboxylic acids is 1. The van der Waals surface area contributed by atoms with Crippen LogP contribution in [0.15, 0.2) is 12.4 Å². The third-order valence-corrected chi connectivity index (χ3v) is 6.47. The van der Waals surface area contributed by atoms with Gasteiger partial charge in [-0.3, -0.25) is 14.4 Å². The van der Waals surface area contributed by atoms with Gasteiger partial charge >= 0.3 is 0 Å². The van der Waals surface area contributed by atoms with Crippen LogP contribution in [0.4, 0.5) is 0 Å². The largest absolute Gasteiger partial charge is 0.373 e. The number of ether oxygens (including phenoxy) is 1. The van der Waals surface area contributed by atoms with Crippen molar-refractivity contribution in [3.05, 3.63) is 18.0 Å². The number of likely N-dealkylation sites (N-methyl/N-ethyl adjacent to an activating group) is 1. The van der Waals surface area contributed by atoms with E-state index in [0.717, 1.165) is 31.4 Å². The molecule has 1 N–H and O–H groups in total. The number of nitrogens with zero attached hydrogens (tertiary/aromatic N) is 3. The number of thioether (sulfide) groups is 1. The van der Waals surface area contributed by atoms with Gasteiger partial charge in [0.15, 0.2) is 0 Å². The Hall–Kier alpha value is -1.05. The fourth-order valence-corrected chi connectivity index (χ4v) is 4.43. The topological polar surface area (TPSA) is 59.4 Å². The Morgan fingerprint density at radius 1 is 1.52 bits per heavy atom. The van der Waals surface area contributed by atoms with Crippen molar-refractivity contribution in [2.45, 2.75) is 36.2 Å². The molecule has 2 heterocycles. The zero-order valence-corrected chi connectivity index (χ0v) is 14.9. The van der Waals surface area contributed by atoms with Gasteiger partial charge in [0.1, 0.15) is 0 Å². The molecule has 0 aromatic carbocycles. The molecule has 3 rings (SSSR count). The molecule has 2 atom stereocenters. The third kappa shape index (κ3) is 3.27. The van der Waals surface area contributed by atoms with Gasteiger partial charge in [-0.1, -0.05) is 0 Å². The summed E-state index contributed by atoms with van der Waals surface area (Å²) < 4.78 is 7.58. The highest BCUT2D eigenvalue weighted by atomic mass is 32.2. The van der Waals surface area contributed by atoms with Crippen LogP contribution in [0.5, 0.6) is 0 Å². The van der Waals surface area contributed by atoms with Crippen molar-refractivity contribution in [2.75, 3.05) is 33.0 Å². The third-order valence-electron chi connectivity index (χ3n) is 5.10. The molecule has 1 aromatic heterocycles. The van der Waals surface area contributed by atoms with Gasteiger partial charge in [-0.25, -0.2) is 0 Å². The molecule has 128 valence electrons. The SMILES string of the molecule is CSC1(C(=O)NC[C@@H]2OCCN(C)[C@H]2c2cnn(C)c2)CCC1. The smallest absolute Gasteiger partial charge is 0.236 e. The van der Waals surface area contributed by atoms with Gasteiger partial charge in [-0.05, 0) is 32.6 Å². The predicted molar refractivity (Wildman–Crippen MR) is 91.4 cm³/mol. The maximum Gasteiger partial charge on any atom is 0.236 e. The first-order chi connectivity index (χ1) is 11.1. The summed E-state index contributed by atoms with van der Waals surface area (Å²) >= 11 is 1.68. The fraction of sp³-hybridized carbons (Fsp3) is 0.750. The summed E-state index contributed by atoms with van der Waals surface area (Å²) in [5.74, 6) is 0.165. The molecule has 1 aliphatic carbocycles. The van der Waals surface area contributed by atoms with E-state index < -0.39 is 0 Å². The molecule has 6 nitrogen and oxygen atoms in total. The molecule has 2 aliphatic rings. The van der Waals surface area contributed by atoms with Crippen molar-refractivity contribution in [1.29, 1.82) is 0 Å². The molecule has 2 fully saturated rings. The van der Waals surface area contributed by atoms with Crippen LogP contribution in [0, 0.1) is 0 Å². The Morgan fingerprint density at radius 3 is 2.87 bits per heavy atom. The lowest BCUT2D eigenvalue weighted by Crippen LogP contribution is -2.53. The van der Waals surface area contributed by atoms with E-state index in [2.05, 4.69) is 22.4 Å².